The number of nitrogens with zero attached hydrogens (tertiary/aromatic N) is 3. The minimum Gasteiger partial charge on any atom is -0.308 e. The van der Waals surface area contributed by atoms with E-state index in [4.69, 9.17) is 4.99 Å². The van der Waals surface area contributed by atoms with Crippen molar-refractivity contribution >= 4 is 55.9 Å². The maximum absolute atomic E-state index is 13.7. The van der Waals surface area contributed by atoms with E-state index in [1.54, 1.807) is 9.80 Å². The van der Waals surface area contributed by atoms with Crippen LogP contribution in [0.25, 0.3) is 5.57 Å². The zero-order valence-electron chi connectivity index (χ0n) is 18.6. The van der Waals surface area contributed by atoms with Gasteiger partial charge in [-0.3, -0.25) is 19.5 Å². The number of amidine groups is 1. The second kappa shape index (κ2) is 9.60. The first-order valence-corrected chi connectivity index (χ1v) is 12.7. The number of likely N-dealkylation sites (N-methyl/N-ethyl adjacent to an activating group) is 1. The molecule has 2 amide bonds. The first-order valence-electron chi connectivity index (χ1n) is 11.0. The third-order valence-corrected chi connectivity index (χ3v) is 7.42. The molecular formula is C27H22BrN3O2S. The minimum absolute atomic E-state index is 0.143. The van der Waals surface area contributed by atoms with Crippen LogP contribution in [-0.2, 0) is 22.7 Å². The van der Waals surface area contributed by atoms with Crippen LogP contribution in [0.2, 0.25) is 0 Å². The number of benzene rings is 3. The van der Waals surface area contributed by atoms with Crippen LogP contribution in [0.3, 0.4) is 0 Å². The lowest BCUT2D eigenvalue weighted by atomic mass is 10.1. The fourth-order valence-electron chi connectivity index (χ4n) is 4.16. The van der Waals surface area contributed by atoms with E-state index in [9.17, 15) is 9.59 Å². The van der Waals surface area contributed by atoms with Crippen LogP contribution in [0, 0.1) is 0 Å². The normalized spacial score (nSPS) is 18.8. The first kappa shape index (κ1) is 22.6. The Labute approximate surface area is 211 Å². The molecule has 0 aliphatic carbocycles. The van der Waals surface area contributed by atoms with Crippen LogP contribution in [0.4, 0.5) is 5.69 Å². The van der Waals surface area contributed by atoms with Gasteiger partial charge in [0.25, 0.3) is 11.8 Å². The predicted molar refractivity (Wildman–Crippen MR) is 141 cm³/mol. The van der Waals surface area contributed by atoms with Crippen molar-refractivity contribution in [3.05, 3.63) is 105 Å². The van der Waals surface area contributed by atoms with Gasteiger partial charge in [0.15, 0.2) is 5.17 Å². The molecule has 5 rings (SSSR count). The molecule has 170 valence electrons. The summed E-state index contributed by atoms with van der Waals surface area (Å²) in [5.41, 5.74) is 4.13. The van der Waals surface area contributed by atoms with Crippen molar-refractivity contribution in [1.82, 2.24) is 4.90 Å². The molecule has 2 aliphatic rings. The van der Waals surface area contributed by atoms with Crippen molar-refractivity contribution in [2.75, 3.05) is 11.4 Å². The van der Waals surface area contributed by atoms with Crippen molar-refractivity contribution < 1.29 is 9.59 Å². The van der Waals surface area contributed by atoms with Gasteiger partial charge in [-0.15, -0.1) is 0 Å². The lowest BCUT2D eigenvalue weighted by molar-refractivity contribution is -0.123. The van der Waals surface area contributed by atoms with Gasteiger partial charge >= 0.3 is 0 Å². The summed E-state index contributed by atoms with van der Waals surface area (Å²) < 4.78 is 0.865. The number of hydrogen-bond donors (Lipinski definition) is 0. The quantitative estimate of drug-likeness (QED) is 0.387. The van der Waals surface area contributed by atoms with Gasteiger partial charge in [-0.05, 0) is 48.0 Å². The van der Waals surface area contributed by atoms with Gasteiger partial charge in [0.1, 0.15) is 0 Å². The fraction of sp³-hybridized carbons (Fsp3) is 0.148. The highest BCUT2D eigenvalue weighted by atomic mass is 79.9. The molecule has 0 bridgehead atoms. The average Bonchev–Trinajstić information content (AvgIpc) is 3.30. The van der Waals surface area contributed by atoms with Crippen molar-refractivity contribution in [2.24, 2.45) is 4.99 Å². The predicted octanol–water partition coefficient (Wildman–Crippen LogP) is 5.86. The van der Waals surface area contributed by atoms with Crippen molar-refractivity contribution in [3.8, 4) is 0 Å². The van der Waals surface area contributed by atoms with Crippen LogP contribution in [0.15, 0.2) is 93.2 Å². The van der Waals surface area contributed by atoms with Crippen LogP contribution in [0.1, 0.15) is 23.6 Å². The van der Waals surface area contributed by atoms with E-state index < -0.39 is 0 Å². The van der Waals surface area contributed by atoms with E-state index in [0.29, 0.717) is 35.3 Å². The number of thioether (sulfide) groups is 1. The second-order valence-electron chi connectivity index (χ2n) is 7.98. The Morgan fingerprint density at radius 3 is 2.21 bits per heavy atom. The van der Waals surface area contributed by atoms with Crippen molar-refractivity contribution in [2.45, 2.75) is 20.0 Å². The Morgan fingerprint density at radius 1 is 0.853 bits per heavy atom. The number of hydrogen-bond acceptors (Lipinski definition) is 4. The van der Waals surface area contributed by atoms with Crippen LogP contribution < -0.4 is 4.90 Å². The van der Waals surface area contributed by atoms with Gasteiger partial charge in [0.2, 0.25) is 0 Å². The van der Waals surface area contributed by atoms with Gasteiger partial charge in [-0.1, -0.05) is 76.6 Å². The molecule has 0 radical (unpaired) electrons. The Kier molecular flexibility index (Phi) is 6.39. The average molecular weight is 532 g/mol. The molecule has 0 spiro atoms. The highest BCUT2D eigenvalue weighted by molar-refractivity contribution is 9.10. The lowest BCUT2D eigenvalue weighted by Crippen LogP contribution is -2.30. The second-order valence-corrected chi connectivity index (χ2v) is 9.87. The van der Waals surface area contributed by atoms with Gasteiger partial charge in [-0.25, -0.2) is 0 Å². The molecule has 0 N–H and O–H groups in total. The molecule has 3 aromatic rings. The molecule has 0 atom stereocenters. The zero-order valence-corrected chi connectivity index (χ0v) is 21.0. The summed E-state index contributed by atoms with van der Waals surface area (Å²) in [6, 6.07) is 25.5. The fourth-order valence-corrected chi connectivity index (χ4v) is 5.59. The standard InChI is InChI=1S/C27H22BrN3O2S/c1-2-30-22-14-13-20(28)15-21(22)23(25(30)32)24-26(33)31(17-19-11-7-4-8-12-19)27(34-24)29-16-18-9-5-3-6-10-18/h3-15H,2,16-17H2,1H3. The van der Waals surface area contributed by atoms with Crippen LogP contribution in [0.5, 0.6) is 0 Å². The molecule has 7 heteroatoms. The SMILES string of the molecule is CCN1C(=O)C(=C2SC(=NCc3ccccc3)N(Cc3ccccc3)C2=O)c2cc(Br)ccc21. The molecule has 3 aromatic carbocycles. The summed E-state index contributed by atoms with van der Waals surface area (Å²) in [5, 5.41) is 0.611. The third-order valence-electron chi connectivity index (χ3n) is 5.81. The Bertz CT molecular complexity index is 1320. The molecule has 1 fully saturated rings. The van der Waals surface area contributed by atoms with Gasteiger partial charge < -0.3 is 4.90 Å². The topological polar surface area (TPSA) is 53.0 Å². The van der Waals surface area contributed by atoms with E-state index in [2.05, 4.69) is 15.9 Å². The molecule has 0 saturated carbocycles. The molecular weight excluding hydrogens is 510 g/mol. The summed E-state index contributed by atoms with van der Waals surface area (Å²) in [6.07, 6.45) is 0. The number of carbonyl (C=O) groups is 2. The minimum atomic E-state index is -0.187. The van der Waals surface area contributed by atoms with Gasteiger partial charge in [0, 0.05) is 16.6 Å². The van der Waals surface area contributed by atoms with E-state index >= 15 is 0 Å². The molecule has 2 heterocycles. The maximum atomic E-state index is 13.7. The Balaban J connectivity index is 1.59. The van der Waals surface area contributed by atoms with E-state index in [0.717, 1.165) is 26.9 Å². The van der Waals surface area contributed by atoms with Gasteiger partial charge in [-0.2, -0.15) is 0 Å². The largest absolute Gasteiger partial charge is 0.308 e. The summed E-state index contributed by atoms with van der Waals surface area (Å²) in [5.74, 6) is -0.330. The molecule has 0 unspecified atom stereocenters. The Morgan fingerprint density at radius 2 is 1.53 bits per heavy atom. The number of aliphatic imine (C=N–C) groups is 1. The van der Waals surface area contributed by atoms with Crippen molar-refractivity contribution in [1.29, 1.82) is 0 Å². The summed E-state index contributed by atoms with van der Waals surface area (Å²) in [7, 11) is 0. The van der Waals surface area contributed by atoms with E-state index in [-0.39, 0.29) is 11.8 Å². The van der Waals surface area contributed by atoms with E-state index in [1.807, 2.05) is 85.8 Å². The number of anilines is 1. The number of fused-ring (bicyclic) bond motifs is 1. The zero-order chi connectivity index (χ0) is 23.7. The van der Waals surface area contributed by atoms with Gasteiger partial charge in [0.05, 0.1) is 29.3 Å². The monoisotopic (exact) mass is 531 g/mol. The summed E-state index contributed by atoms with van der Waals surface area (Å²) >= 11 is 4.81. The Hall–Kier alpha value is -3.16. The number of halogens is 1. The van der Waals surface area contributed by atoms with Crippen molar-refractivity contribution in [3.63, 3.8) is 0 Å². The summed E-state index contributed by atoms with van der Waals surface area (Å²) in [6.45, 7) is 3.33. The molecule has 2 aliphatic heterocycles. The first-order chi connectivity index (χ1) is 16.6. The smallest absolute Gasteiger partial charge is 0.267 e. The molecule has 34 heavy (non-hydrogen) atoms. The van der Waals surface area contributed by atoms with E-state index in [1.165, 1.54) is 11.8 Å². The molecule has 1 saturated heterocycles. The number of carbonyl (C=O) groups excluding carboxylic acids is 2. The maximum Gasteiger partial charge on any atom is 0.267 e. The molecule has 0 aromatic heterocycles. The molecule has 5 nitrogen and oxygen atoms in total. The number of amides is 2. The highest BCUT2D eigenvalue weighted by Gasteiger charge is 2.42. The summed E-state index contributed by atoms with van der Waals surface area (Å²) in [4.78, 5) is 35.8. The third kappa shape index (κ3) is 4.21. The van der Waals surface area contributed by atoms with Crippen LogP contribution in [-0.4, -0.2) is 28.4 Å². The highest BCUT2D eigenvalue weighted by Crippen LogP contribution is 2.45. The lowest BCUT2D eigenvalue weighted by Gasteiger charge is -2.16. The number of rotatable bonds is 5. The van der Waals surface area contributed by atoms with Crippen LogP contribution >= 0.6 is 27.7 Å².